The van der Waals surface area contributed by atoms with Crippen LogP contribution in [0.15, 0.2) is 0 Å². The Kier molecular flexibility index (Phi) is 5.17. The van der Waals surface area contributed by atoms with E-state index in [0.717, 1.165) is 6.54 Å². The van der Waals surface area contributed by atoms with Gasteiger partial charge in [0.2, 0.25) is 5.91 Å². The lowest BCUT2D eigenvalue weighted by atomic mass is 10.0. The minimum Gasteiger partial charge on any atom is -0.342 e. The SMILES string of the molecule is CCN(CCC#N)C(=O)CC1CCCC1. The van der Waals surface area contributed by atoms with Crippen molar-refractivity contribution >= 4 is 5.91 Å². The molecule has 1 aliphatic rings. The third-order valence-corrected chi connectivity index (χ3v) is 3.17. The molecule has 0 saturated heterocycles. The van der Waals surface area contributed by atoms with Gasteiger partial charge in [0, 0.05) is 19.5 Å². The fraction of sp³-hybridized carbons (Fsp3) is 0.833. The molecule has 1 aliphatic carbocycles. The molecule has 0 spiro atoms. The fourth-order valence-electron chi connectivity index (χ4n) is 2.23. The van der Waals surface area contributed by atoms with Gasteiger partial charge in [-0.05, 0) is 25.7 Å². The standard InChI is InChI=1S/C12H20N2O/c1-2-14(9-5-8-13)12(15)10-11-6-3-4-7-11/h11H,2-7,9-10H2,1H3. The van der Waals surface area contributed by atoms with Gasteiger partial charge in [0.15, 0.2) is 0 Å². The lowest BCUT2D eigenvalue weighted by molar-refractivity contribution is -0.131. The van der Waals surface area contributed by atoms with Gasteiger partial charge in [-0.1, -0.05) is 12.8 Å². The summed E-state index contributed by atoms with van der Waals surface area (Å²) in [6, 6.07) is 2.09. The quantitative estimate of drug-likeness (QED) is 0.696. The molecule has 0 aromatic heterocycles. The lowest BCUT2D eigenvalue weighted by Gasteiger charge is -2.21. The Bertz CT molecular complexity index is 238. The lowest BCUT2D eigenvalue weighted by Crippen LogP contribution is -2.32. The maximum atomic E-state index is 11.9. The summed E-state index contributed by atoms with van der Waals surface area (Å²) in [5, 5.41) is 8.49. The molecule has 0 aromatic rings. The first-order valence-corrected chi connectivity index (χ1v) is 5.92. The first-order chi connectivity index (χ1) is 7.27. The highest BCUT2D eigenvalue weighted by Crippen LogP contribution is 2.27. The molecule has 1 fully saturated rings. The predicted octanol–water partition coefficient (Wildman–Crippen LogP) is 2.33. The number of rotatable bonds is 5. The molecule has 0 radical (unpaired) electrons. The summed E-state index contributed by atoms with van der Waals surface area (Å²) in [6.45, 7) is 3.30. The van der Waals surface area contributed by atoms with E-state index >= 15 is 0 Å². The number of carbonyl (C=O) groups excluding carboxylic acids is 1. The van der Waals surface area contributed by atoms with Crippen LogP contribution in [0.5, 0.6) is 0 Å². The zero-order chi connectivity index (χ0) is 11.1. The Morgan fingerprint density at radius 1 is 1.47 bits per heavy atom. The molecule has 1 amide bonds. The molecule has 3 nitrogen and oxygen atoms in total. The van der Waals surface area contributed by atoms with Crippen molar-refractivity contribution in [1.82, 2.24) is 4.90 Å². The maximum absolute atomic E-state index is 11.9. The van der Waals surface area contributed by atoms with Crippen molar-refractivity contribution in [2.45, 2.75) is 45.4 Å². The van der Waals surface area contributed by atoms with Crippen molar-refractivity contribution in [3.63, 3.8) is 0 Å². The first-order valence-electron chi connectivity index (χ1n) is 5.92. The summed E-state index contributed by atoms with van der Waals surface area (Å²) in [7, 11) is 0. The van der Waals surface area contributed by atoms with Gasteiger partial charge >= 0.3 is 0 Å². The monoisotopic (exact) mass is 208 g/mol. The largest absolute Gasteiger partial charge is 0.342 e. The molecule has 1 saturated carbocycles. The number of hydrogen-bond acceptors (Lipinski definition) is 2. The predicted molar refractivity (Wildman–Crippen MR) is 59.1 cm³/mol. The Hall–Kier alpha value is -1.04. The maximum Gasteiger partial charge on any atom is 0.222 e. The van der Waals surface area contributed by atoms with E-state index in [9.17, 15) is 4.79 Å². The number of carbonyl (C=O) groups is 1. The van der Waals surface area contributed by atoms with E-state index in [1.165, 1.54) is 25.7 Å². The second-order valence-corrected chi connectivity index (χ2v) is 4.24. The summed E-state index contributed by atoms with van der Waals surface area (Å²) in [6.07, 6.45) is 6.12. The molecule has 0 N–H and O–H groups in total. The third kappa shape index (κ3) is 3.91. The Labute approximate surface area is 92.1 Å². The zero-order valence-corrected chi connectivity index (χ0v) is 9.54. The summed E-state index contributed by atoms with van der Waals surface area (Å²) < 4.78 is 0. The van der Waals surface area contributed by atoms with Crippen LogP contribution in [0.4, 0.5) is 0 Å². The van der Waals surface area contributed by atoms with Gasteiger partial charge in [0.05, 0.1) is 12.5 Å². The molecular formula is C12H20N2O. The summed E-state index contributed by atoms with van der Waals surface area (Å²) in [4.78, 5) is 13.7. The van der Waals surface area contributed by atoms with Crippen molar-refractivity contribution in [2.75, 3.05) is 13.1 Å². The van der Waals surface area contributed by atoms with Crippen LogP contribution in [-0.4, -0.2) is 23.9 Å². The van der Waals surface area contributed by atoms with E-state index in [-0.39, 0.29) is 5.91 Å². The van der Waals surface area contributed by atoms with E-state index in [1.807, 2.05) is 11.8 Å². The minimum absolute atomic E-state index is 0.236. The zero-order valence-electron chi connectivity index (χ0n) is 9.54. The van der Waals surface area contributed by atoms with Crippen LogP contribution >= 0.6 is 0 Å². The average Bonchev–Trinajstić information content (AvgIpc) is 2.71. The van der Waals surface area contributed by atoms with E-state index in [2.05, 4.69) is 6.07 Å². The van der Waals surface area contributed by atoms with E-state index in [1.54, 1.807) is 0 Å². The fourth-order valence-corrected chi connectivity index (χ4v) is 2.23. The van der Waals surface area contributed by atoms with Gasteiger partial charge in [-0.25, -0.2) is 0 Å². The van der Waals surface area contributed by atoms with Crippen LogP contribution in [0, 0.1) is 17.2 Å². The summed E-state index contributed by atoms with van der Waals surface area (Å²) in [5.41, 5.74) is 0. The van der Waals surface area contributed by atoms with Gasteiger partial charge < -0.3 is 4.90 Å². The van der Waals surface area contributed by atoms with Crippen LogP contribution in [0.2, 0.25) is 0 Å². The number of amides is 1. The molecule has 0 heterocycles. The normalized spacial score (nSPS) is 16.3. The van der Waals surface area contributed by atoms with E-state index < -0.39 is 0 Å². The molecular weight excluding hydrogens is 188 g/mol. The van der Waals surface area contributed by atoms with E-state index in [4.69, 9.17) is 5.26 Å². The molecule has 84 valence electrons. The Balaban J connectivity index is 2.32. The third-order valence-electron chi connectivity index (χ3n) is 3.17. The van der Waals surface area contributed by atoms with Crippen LogP contribution in [0.1, 0.15) is 45.4 Å². The van der Waals surface area contributed by atoms with Gasteiger partial charge in [-0.2, -0.15) is 5.26 Å². The highest BCUT2D eigenvalue weighted by Gasteiger charge is 2.20. The van der Waals surface area contributed by atoms with Gasteiger partial charge in [-0.3, -0.25) is 4.79 Å². The van der Waals surface area contributed by atoms with Crippen molar-refractivity contribution < 1.29 is 4.79 Å². The summed E-state index contributed by atoms with van der Waals surface area (Å²) >= 11 is 0. The molecule has 15 heavy (non-hydrogen) atoms. The molecule has 0 unspecified atom stereocenters. The Morgan fingerprint density at radius 2 is 2.13 bits per heavy atom. The number of nitrogens with zero attached hydrogens (tertiary/aromatic N) is 2. The molecule has 0 atom stereocenters. The van der Waals surface area contributed by atoms with Crippen molar-refractivity contribution in [3.05, 3.63) is 0 Å². The topological polar surface area (TPSA) is 44.1 Å². The van der Waals surface area contributed by atoms with Crippen molar-refractivity contribution in [1.29, 1.82) is 5.26 Å². The second-order valence-electron chi connectivity index (χ2n) is 4.24. The van der Waals surface area contributed by atoms with Crippen LogP contribution in [0.3, 0.4) is 0 Å². The average molecular weight is 208 g/mol. The highest BCUT2D eigenvalue weighted by atomic mass is 16.2. The van der Waals surface area contributed by atoms with Crippen LogP contribution < -0.4 is 0 Å². The minimum atomic E-state index is 0.236. The molecule has 0 aliphatic heterocycles. The van der Waals surface area contributed by atoms with Crippen LogP contribution in [-0.2, 0) is 4.79 Å². The first kappa shape index (κ1) is 12.0. The van der Waals surface area contributed by atoms with E-state index in [0.29, 0.717) is 25.3 Å². The van der Waals surface area contributed by atoms with Crippen molar-refractivity contribution in [2.24, 2.45) is 5.92 Å². The van der Waals surface area contributed by atoms with Gasteiger partial charge in [0.25, 0.3) is 0 Å². The molecule has 3 heteroatoms. The smallest absolute Gasteiger partial charge is 0.222 e. The Morgan fingerprint density at radius 3 is 2.67 bits per heavy atom. The number of nitriles is 1. The number of hydrogen-bond donors (Lipinski definition) is 0. The molecule has 0 aromatic carbocycles. The highest BCUT2D eigenvalue weighted by molar-refractivity contribution is 5.76. The second kappa shape index (κ2) is 6.44. The van der Waals surface area contributed by atoms with Gasteiger partial charge in [0.1, 0.15) is 0 Å². The molecule has 0 bridgehead atoms. The van der Waals surface area contributed by atoms with Gasteiger partial charge in [-0.15, -0.1) is 0 Å². The van der Waals surface area contributed by atoms with Crippen LogP contribution in [0.25, 0.3) is 0 Å². The molecule has 1 rings (SSSR count). The summed E-state index contributed by atoms with van der Waals surface area (Å²) in [5.74, 6) is 0.841. The van der Waals surface area contributed by atoms with Crippen molar-refractivity contribution in [3.8, 4) is 6.07 Å².